The fourth-order valence-electron chi connectivity index (χ4n) is 1.54. The Morgan fingerprint density at radius 1 is 1.37 bits per heavy atom. The van der Waals surface area contributed by atoms with Crippen molar-refractivity contribution in [3.63, 3.8) is 0 Å². The second-order valence-corrected chi connectivity index (χ2v) is 3.63. The molecule has 0 aliphatic rings. The lowest BCUT2D eigenvalue weighted by atomic mass is 10.2. The molecule has 0 saturated carbocycles. The Bertz CT molecular complexity index is 392. The Balaban J connectivity index is 2.58. The van der Waals surface area contributed by atoms with Crippen molar-refractivity contribution in [2.45, 2.75) is 20.1 Å². The first-order valence-corrected chi connectivity index (χ1v) is 6.22. The number of carbonyl (C=O) groups excluding carboxylic acids is 1. The quantitative estimate of drug-likeness (QED) is 0.718. The molecule has 1 aromatic heterocycles. The van der Waals surface area contributed by atoms with Crippen molar-refractivity contribution in [3.05, 3.63) is 24.0 Å². The number of hydrogen-bond acceptors (Lipinski definition) is 5. The van der Waals surface area contributed by atoms with Gasteiger partial charge in [0.2, 0.25) is 0 Å². The number of carbonyl (C=O) groups is 1. The normalized spacial score (nSPS) is 10.5. The molecule has 0 aromatic carbocycles. The molecule has 0 radical (unpaired) electrons. The van der Waals surface area contributed by atoms with Crippen molar-refractivity contribution in [3.8, 4) is 5.75 Å². The highest BCUT2D eigenvalue weighted by atomic mass is 16.7. The summed E-state index contributed by atoms with van der Waals surface area (Å²) in [5.74, 6) is 0.188. The highest BCUT2D eigenvalue weighted by molar-refractivity contribution is 5.96. The number of amides is 1. The van der Waals surface area contributed by atoms with E-state index < -0.39 is 6.29 Å². The topological polar surface area (TPSA) is 69.7 Å². The van der Waals surface area contributed by atoms with Crippen LogP contribution in [0.2, 0.25) is 0 Å². The third kappa shape index (κ3) is 4.84. The lowest BCUT2D eigenvalue weighted by molar-refractivity contribution is -0.131. The molecule has 1 rings (SSSR count). The molecular weight excluding hydrogens is 248 g/mol. The number of ether oxygens (including phenoxy) is 3. The van der Waals surface area contributed by atoms with E-state index >= 15 is 0 Å². The first-order chi connectivity index (χ1) is 9.22. The zero-order valence-corrected chi connectivity index (χ0v) is 11.5. The minimum Gasteiger partial charge on any atom is -0.494 e. The molecule has 0 spiro atoms. The van der Waals surface area contributed by atoms with Gasteiger partial charge in [0, 0.05) is 19.4 Å². The lowest BCUT2D eigenvalue weighted by Gasteiger charge is -2.17. The molecule has 1 heterocycles. The lowest BCUT2D eigenvalue weighted by Crippen LogP contribution is -2.35. The molecule has 0 aliphatic heterocycles. The van der Waals surface area contributed by atoms with Gasteiger partial charge in [-0.1, -0.05) is 0 Å². The predicted molar refractivity (Wildman–Crippen MR) is 70.2 cm³/mol. The van der Waals surface area contributed by atoms with Crippen LogP contribution in [0.15, 0.2) is 18.5 Å². The summed E-state index contributed by atoms with van der Waals surface area (Å²) in [6, 6.07) is 1.60. The maximum absolute atomic E-state index is 12.0. The van der Waals surface area contributed by atoms with Crippen molar-refractivity contribution >= 4 is 5.91 Å². The van der Waals surface area contributed by atoms with Crippen molar-refractivity contribution in [1.82, 2.24) is 10.3 Å². The van der Waals surface area contributed by atoms with Gasteiger partial charge in [0.25, 0.3) is 5.91 Å². The fourth-order valence-corrected chi connectivity index (χ4v) is 1.54. The third-order valence-electron chi connectivity index (χ3n) is 2.38. The van der Waals surface area contributed by atoms with Crippen molar-refractivity contribution < 1.29 is 19.0 Å². The van der Waals surface area contributed by atoms with Gasteiger partial charge in [0.1, 0.15) is 5.75 Å². The summed E-state index contributed by atoms with van der Waals surface area (Å²) in [4.78, 5) is 15.9. The van der Waals surface area contributed by atoms with E-state index in [1.807, 2.05) is 13.8 Å². The second kappa shape index (κ2) is 8.44. The van der Waals surface area contributed by atoms with Crippen LogP contribution in [0.3, 0.4) is 0 Å². The van der Waals surface area contributed by atoms with Crippen LogP contribution in [0.5, 0.6) is 5.75 Å². The number of hydrogen-bond donors (Lipinski definition) is 1. The third-order valence-corrected chi connectivity index (χ3v) is 2.38. The number of aromatic nitrogens is 1. The van der Waals surface area contributed by atoms with Gasteiger partial charge in [0.15, 0.2) is 6.29 Å². The number of nitrogens with zero attached hydrogens (tertiary/aromatic N) is 1. The molecule has 19 heavy (non-hydrogen) atoms. The zero-order chi connectivity index (χ0) is 14.1. The summed E-state index contributed by atoms with van der Waals surface area (Å²) in [6.45, 7) is 5.09. The SMILES string of the molecule is CCOC(CNC(=O)c1ccncc1OC)OCC. The molecular formula is C13H20N2O4. The molecule has 1 aromatic rings. The fraction of sp³-hybridized carbons (Fsp3) is 0.538. The van der Waals surface area contributed by atoms with Gasteiger partial charge < -0.3 is 19.5 Å². The highest BCUT2D eigenvalue weighted by Gasteiger charge is 2.14. The Morgan fingerprint density at radius 3 is 2.63 bits per heavy atom. The van der Waals surface area contributed by atoms with E-state index in [2.05, 4.69) is 10.3 Å². The summed E-state index contributed by atoms with van der Waals surface area (Å²) in [5, 5.41) is 2.75. The molecule has 0 fully saturated rings. The average molecular weight is 268 g/mol. The Labute approximate surface area is 113 Å². The minimum atomic E-state index is -0.438. The van der Waals surface area contributed by atoms with Crippen LogP contribution in [-0.4, -0.2) is 44.0 Å². The summed E-state index contributed by atoms with van der Waals surface area (Å²) >= 11 is 0. The van der Waals surface area contributed by atoms with Crippen molar-refractivity contribution in [2.75, 3.05) is 26.9 Å². The van der Waals surface area contributed by atoms with Crippen molar-refractivity contribution in [2.24, 2.45) is 0 Å². The van der Waals surface area contributed by atoms with Crippen LogP contribution < -0.4 is 10.1 Å². The zero-order valence-electron chi connectivity index (χ0n) is 11.5. The molecule has 1 amide bonds. The summed E-state index contributed by atoms with van der Waals surface area (Å²) < 4.78 is 15.8. The monoisotopic (exact) mass is 268 g/mol. The average Bonchev–Trinajstić information content (AvgIpc) is 2.44. The van der Waals surface area contributed by atoms with E-state index in [4.69, 9.17) is 14.2 Å². The van der Waals surface area contributed by atoms with E-state index in [-0.39, 0.29) is 12.5 Å². The van der Waals surface area contributed by atoms with Gasteiger partial charge in [-0.2, -0.15) is 0 Å². The van der Waals surface area contributed by atoms with Gasteiger partial charge >= 0.3 is 0 Å². The Hall–Kier alpha value is -1.66. The van der Waals surface area contributed by atoms with E-state index in [1.165, 1.54) is 13.3 Å². The molecule has 0 bridgehead atoms. The molecule has 106 valence electrons. The van der Waals surface area contributed by atoms with Gasteiger partial charge in [-0.05, 0) is 19.9 Å². The van der Waals surface area contributed by atoms with Crippen LogP contribution in [0.25, 0.3) is 0 Å². The van der Waals surface area contributed by atoms with Crippen LogP contribution in [0.1, 0.15) is 24.2 Å². The van der Waals surface area contributed by atoms with Crippen LogP contribution in [0, 0.1) is 0 Å². The number of nitrogens with one attached hydrogen (secondary N) is 1. The van der Waals surface area contributed by atoms with E-state index in [0.29, 0.717) is 24.5 Å². The molecule has 0 saturated heterocycles. The number of pyridine rings is 1. The summed E-state index contributed by atoms with van der Waals surface area (Å²) in [7, 11) is 1.50. The molecule has 0 atom stereocenters. The van der Waals surface area contributed by atoms with Crippen LogP contribution in [-0.2, 0) is 9.47 Å². The first-order valence-electron chi connectivity index (χ1n) is 6.22. The predicted octanol–water partition coefficient (Wildman–Crippen LogP) is 1.22. The van der Waals surface area contributed by atoms with E-state index in [9.17, 15) is 4.79 Å². The second-order valence-electron chi connectivity index (χ2n) is 3.63. The van der Waals surface area contributed by atoms with Gasteiger partial charge in [-0.3, -0.25) is 9.78 Å². The van der Waals surface area contributed by atoms with Crippen molar-refractivity contribution in [1.29, 1.82) is 0 Å². The summed E-state index contributed by atoms with van der Waals surface area (Å²) in [5.41, 5.74) is 0.434. The molecule has 0 aliphatic carbocycles. The Kier molecular flexibility index (Phi) is 6.84. The number of methoxy groups -OCH3 is 1. The standard InChI is InChI=1S/C13H20N2O4/c1-4-18-12(19-5-2)9-15-13(16)10-6-7-14-8-11(10)17-3/h6-8,12H,4-5,9H2,1-3H3,(H,15,16). The smallest absolute Gasteiger partial charge is 0.255 e. The van der Waals surface area contributed by atoms with Crippen LogP contribution in [0.4, 0.5) is 0 Å². The highest BCUT2D eigenvalue weighted by Crippen LogP contribution is 2.15. The summed E-state index contributed by atoms with van der Waals surface area (Å²) in [6.07, 6.45) is 2.60. The maximum atomic E-state index is 12.0. The maximum Gasteiger partial charge on any atom is 0.255 e. The first kappa shape index (κ1) is 15.4. The van der Waals surface area contributed by atoms with Crippen LogP contribution >= 0.6 is 0 Å². The number of rotatable bonds is 8. The molecule has 1 N–H and O–H groups in total. The van der Waals surface area contributed by atoms with Gasteiger partial charge in [-0.15, -0.1) is 0 Å². The van der Waals surface area contributed by atoms with Gasteiger partial charge in [0.05, 0.1) is 25.4 Å². The molecule has 6 nitrogen and oxygen atoms in total. The van der Waals surface area contributed by atoms with E-state index in [1.54, 1.807) is 12.3 Å². The van der Waals surface area contributed by atoms with E-state index in [0.717, 1.165) is 0 Å². The Morgan fingerprint density at radius 2 is 2.05 bits per heavy atom. The largest absolute Gasteiger partial charge is 0.494 e. The molecule has 6 heteroatoms. The van der Waals surface area contributed by atoms with Gasteiger partial charge in [-0.25, -0.2) is 0 Å². The molecule has 0 unspecified atom stereocenters. The minimum absolute atomic E-state index is 0.247.